The fourth-order valence-corrected chi connectivity index (χ4v) is 5.63. The third-order valence-electron chi connectivity index (χ3n) is 4.09. The summed E-state index contributed by atoms with van der Waals surface area (Å²) in [4.78, 5) is 0. The van der Waals surface area contributed by atoms with Crippen LogP contribution in [-0.2, 0) is 10.0 Å². The van der Waals surface area contributed by atoms with Crippen molar-refractivity contribution in [2.75, 3.05) is 7.05 Å². The lowest BCUT2D eigenvalue weighted by atomic mass is 10.0. The second-order valence-electron chi connectivity index (χ2n) is 5.22. The maximum Gasteiger partial charge on any atom is 0.252 e. The Morgan fingerprint density at radius 1 is 1.32 bits per heavy atom. The summed E-state index contributed by atoms with van der Waals surface area (Å²) >= 11 is 1.29. The Balaban J connectivity index is 0.00000133. The minimum atomic E-state index is -3.29. The van der Waals surface area contributed by atoms with E-state index in [9.17, 15) is 8.42 Å². The van der Waals surface area contributed by atoms with Crippen LogP contribution in [0.25, 0.3) is 0 Å². The molecule has 0 saturated carbocycles. The van der Waals surface area contributed by atoms with E-state index in [2.05, 4.69) is 5.32 Å². The van der Waals surface area contributed by atoms with Crippen LogP contribution in [0.15, 0.2) is 21.7 Å². The standard InChI is InChI=1S/C12H18N2O2S2.ClH/c1-14(18(15,16)12-3-2-6-17-12)11-7-9-4-5-10(8-11)13-9;/h2-3,6,9-11,13H,4-5,7-8H2,1H3;1H. The van der Waals surface area contributed by atoms with E-state index in [1.54, 1.807) is 23.5 Å². The molecule has 108 valence electrons. The topological polar surface area (TPSA) is 49.4 Å². The van der Waals surface area contributed by atoms with Gasteiger partial charge in [-0.2, -0.15) is 4.31 Å². The van der Waals surface area contributed by atoms with E-state index in [1.165, 1.54) is 24.2 Å². The molecule has 1 aromatic rings. The number of thiophene rings is 1. The number of nitrogens with one attached hydrogen (secondary N) is 1. The van der Waals surface area contributed by atoms with Crippen molar-refractivity contribution in [3.05, 3.63) is 17.5 Å². The molecule has 1 aromatic heterocycles. The summed E-state index contributed by atoms with van der Waals surface area (Å²) in [7, 11) is -1.56. The molecule has 2 aliphatic heterocycles. The molecule has 2 unspecified atom stereocenters. The number of hydrogen-bond donors (Lipinski definition) is 1. The maximum atomic E-state index is 12.4. The van der Waals surface area contributed by atoms with Crippen LogP contribution in [0.2, 0.25) is 0 Å². The van der Waals surface area contributed by atoms with Crippen LogP contribution < -0.4 is 5.32 Å². The third-order valence-corrected chi connectivity index (χ3v) is 7.37. The summed E-state index contributed by atoms with van der Waals surface area (Å²) in [6.45, 7) is 0. The number of sulfonamides is 1. The maximum absolute atomic E-state index is 12.4. The summed E-state index contributed by atoms with van der Waals surface area (Å²) in [5, 5.41) is 5.35. The van der Waals surface area contributed by atoms with Crippen LogP contribution in [0, 0.1) is 0 Å². The molecule has 0 amide bonds. The molecule has 0 aromatic carbocycles. The van der Waals surface area contributed by atoms with Gasteiger partial charge in [-0.15, -0.1) is 23.7 Å². The zero-order chi connectivity index (χ0) is 12.8. The van der Waals surface area contributed by atoms with Gasteiger partial charge in [0.15, 0.2) is 0 Å². The molecule has 19 heavy (non-hydrogen) atoms. The van der Waals surface area contributed by atoms with Crippen molar-refractivity contribution >= 4 is 33.8 Å². The fourth-order valence-electron chi connectivity index (χ4n) is 3.07. The van der Waals surface area contributed by atoms with Crippen LogP contribution in [0.5, 0.6) is 0 Å². The molecular weight excluding hydrogens is 304 g/mol. The van der Waals surface area contributed by atoms with Crippen molar-refractivity contribution in [3.8, 4) is 0 Å². The lowest BCUT2D eigenvalue weighted by molar-refractivity contribution is 0.252. The lowest BCUT2D eigenvalue weighted by Crippen LogP contribution is -2.48. The molecule has 2 saturated heterocycles. The quantitative estimate of drug-likeness (QED) is 0.927. The zero-order valence-electron chi connectivity index (χ0n) is 10.8. The number of hydrogen-bond acceptors (Lipinski definition) is 4. The first-order valence-electron chi connectivity index (χ1n) is 6.35. The number of fused-ring (bicyclic) bond motifs is 2. The molecule has 2 atom stereocenters. The lowest BCUT2D eigenvalue weighted by Gasteiger charge is -2.34. The predicted octanol–water partition coefficient (Wildman–Crippen LogP) is 2.07. The molecule has 2 bridgehead atoms. The van der Waals surface area contributed by atoms with Gasteiger partial charge in [0.05, 0.1) is 0 Å². The fraction of sp³-hybridized carbons (Fsp3) is 0.667. The van der Waals surface area contributed by atoms with E-state index >= 15 is 0 Å². The normalized spacial score (nSPS) is 30.3. The number of rotatable bonds is 3. The van der Waals surface area contributed by atoms with Gasteiger partial charge in [0.1, 0.15) is 4.21 Å². The highest BCUT2D eigenvalue weighted by Crippen LogP contribution is 2.32. The average molecular weight is 323 g/mol. The Hall–Kier alpha value is -0.140. The summed E-state index contributed by atoms with van der Waals surface area (Å²) in [6, 6.07) is 4.64. The van der Waals surface area contributed by atoms with E-state index in [1.807, 2.05) is 5.38 Å². The summed E-state index contributed by atoms with van der Waals surface area (Å²) in [5.74, 6) is 0. The molecule has 3 rings (SSSR count). The van der Waals surface area contributed by atoms with E-state index in [-0.39, 0.29) is 18.4 Å². The van der Waals surface area contributed by atoms with Gasteiger partial charge in [-0.25, -0.2) is 8.42 Å². The number of halogens is 1. The van der Waals surface area contributed by atoms with Gasteiger partial charge in [-0.3, -0.25) is 0 Å². The third kappa shape index (κ3) is 2.83. The van der Waals surface area contributed by atoms with Crippen LogP contribution in [0.3, 0.4) is 0 Å². The zero-order valence-corrected chi connectivity index (χ0v) is 13.2. The van der Waals surface area contributed by atoms with Crippen molar-refractivity contribution in [3.63, 3.8) is 0 Å². The molecule has 7 heteroatoms. The van der Waals surface area contributed by atoms with Crippen LogP contribution in [0.1, 0.15) is 25.7 Å². The highest BCUT2D eigenvalue weighted by atomic mass is 35.5. The van der Waals surface area contributed by atoms with E-state index < -0.39 is 10.0 Å². The highest BCUT2D eigenvalue weighted by molar-refractivity contribution is 7.91. The van der Waals surface area contributed by atoms with Gasteiger partial charge in [0.2, 0.25) is 0 Å². The van der Waals surface area contributed by atoms with Crippen molar-refractivity contribution < 1.29 is 8.42 Å². The Morgan fingerprint density at radius 3 is 2.47 bits per heavy atom. The molecule has 1 N–H and O–H groups in total. The van der Waals surface area contributed by atoms with Gasteiger partial charge in [0, 0.05) is 25.2 Å². The minimum absolute atomic E-state index is 0. The van der Waals surface area contributed by atoms with Crippen molar-refractivity contribution in [1.82, 2.24) is 9.62 Å². The Kier molecular flexibility index (Phi) is 4.57. The van der Waals surface area contributed by atoms with Gasteiger partial charge in [-0.05, 0) is 37.1 Å². The van der Waals surface area contributed by atoms with Gasteiger partial charge < -0.3 is 5.32 Å². The first-order chi connectivity index (χ1) is 8.57. The largest absolute Gasteiger partial charge is 0.311 e. The SMILES string of the molecule is CN(C1CC2CCC(C1)N2)S(=O)(=O)c1cccs1.Cl. The second-order valence-corrected chi connectivity index (χ2v) is 8.39. The predicted molar refractivity (Wildman–Crippen MR) is 79.5 cm³/mol. The molecule has 2 aliphatic rings. The van der Waals surface area contributed by atoms with Gasteiger partial charge in [-0.1, -0.05) is 6.07 Å². The van der Waals surface area contributed by atoms with Crippen molar-refractivity contribution in [2.45, 2.75) is 48.0 Å². The second kappa shape index (κ2) is 5.69. The first-order valence-corrected chi connectivity index (χ1v) is 8.67. The Morgan fingerprint density at radius 2 is 1.95 bits per heavy atom. The number of piperidine rings is 1. The van der Waals surface area contributed by atoms with Crippen molar-refractivity contribution in [1.29, 1.82) is 0 Å². The van der Waals surface area contributed by atoms with E-state index in [0.29, 0.717) is 16.3 Å². The number of nitrogens with zero attached hydrogens (tertiary/aromatic N) is 1. The summed E-state index contributed by atoms with van der Waals surface area (Å²) in [6.07, 6.45) is 4.26. The summed E-state index contributed by atoms with van der Waals surface area (Å²) < 4.78 is 26.9. The molecule has 0 aliphatic carbocycles. The monoisotopic (exact) mass is 322 g/mol. The highest BCUT2D eigenvalue weighted by Gasteiger charge is 2.38. The van der Waals surface area contributed by atoms with E-state index in [0.717, 1.165) is 12.8 Å². The smallest absolute Gasteiger partial charge is 0.252 e. The Bertz CT molecular complexity index is 506. The molecular formula is C12H19ClN2O2S2. The van der Waals surface area contributed by atoms with Crippen LogP contribution >= 0.6 is 23.7 Å². The molecule has 0 radical (unpaired) electrons. The average Bonchev–Trinajstić information content (AvgIpc) is 2.98. The van der Waals surface area contributed by atoms with Gasteiger partial charge >= 0.3 is 0 Å². The van der Waals surface area contributed by atoms with Gasteiger partial charge in [0.25, 0.3) is 10.0 Å². The molecule has 2 fully saturated rings. The van der Waals surface area contributed by atoms with E-state index in [4.69, 9.17) is 0 Å². The molecule has 4 nitrogen and oxygen atoms in total. The first kappa shape index (κ1) is 15.3. The Labute approximate surface area is 124 Å². The summed E-state index contributed by atoms with van der Waals surface area (Å²) in [5.41, 5.74) is 0. The van der Waals surface area contributed by atoms with Crippen LogP contribution in [0.4, 0.5) is 0 Å². The van der Waals surface area contributed by atoms with Crippen LogP contribution in [-0.4, -0.2) is 37.9 Å². The van der Waals surface area contributed by atoms with Crippen molar-refractivity contribution in [2.24, 2.45) is 0 Å². The molecule has 3 heterocycles. The minimum Gasteiger partial charge on any atom is -0.311 e. The molecule has 0 spiro atoms.